The maximum atomic E-state index is 12.6. The van der Waals surface area contributed by atoms with Crippen LogP contribution in [0, 0.1) is 13.8 Å². The number of halogens is 2. The van der Waals surface area contributed by atoms with Crippen molar-refractivity contribution in [2.75, 3.05) is 18.0 Å². The Morgan fingerprint density at radius 3 is 2.52 bits per heavy atom. The second kappa shape index (κ2) is 6.14. The lowest BCUT2D eigenvalue weighted by Crippen LogP contribution is -2.54. The molecule has 1 N–H and O–H groups in total. The molecular formula is C16H20F2N2O3. The lowest BCUT2D eigenvalue weighted by atomic mass is 10.0. The van der Waals surface area contributed by atoms with E-state index in [2.05, 4.69) is 5.32 Å². The van der Waals surface area contributed by atoms with Gasteiger partial charge in [-0.05, 0) is 51.0 Å². The Balaban J connectivity index is 2.25. The second-order valence-corrected chi connectivity index (χ2v) is 6.07. The van der Waals surface area contributed by atoms with Crippen molar-refractivity contribution in [1.29, 1.82) is 0 Å². The molecule has 0 radical (unpaired) electrons. The highest BCUT2D eigenvalue weighted by atomic mass is 19.3. The van der Waals surface area contributed by atoms with E-state index in [-0.39, 0.29) is 19.0 Å². The lowest BCUT2D eigenvalue weighted by molar-refractivity contribution is -0.133. The van der Waals surface area contributed by atoms with E-state index in [9.17, 15) is 18.4 Å². The number of hydrogen-bond acceptors (Lipinski definition) is 3. The van der Waals surface area contributed by atoms with Crippen molar-refractivity contribution in [3.05, 3.63) is 23.3 Å². The Morgan fingerprint density at radius 1 is 1.30 bits per heavy atom. The fourth-order valence-corrected chi connectivity index (χ4v) is 2.41. The van der Waals surface area contributed by atoms with Crippen molar-refractivity contribution in [1.82, 2.24) is 5.32 Å². The Morgan fingerprint density at radius 2 is 1.91 bits per heavy atom. The molecule has 0 spiro atoms. The molecule has 0 aliphatic carbocycles. The van der Waals surface area contributed by atoms with Crippen molar-refractivity contribution in [3.8, 4) is 5.75 Å². The molecule has 0 saturated heterocycles. The van der Waals surface area contributed by atoms with Crippen LogP contribution in [0.5, 0.6) is 5.75 Å². The number of nitrogens with one attached hydrogen (secondary N) is 1. The highest BCUT2D eigenvalue weighted by molar-refractivity contribution is 6.02. The Labute approximate surface area is 133 Å². The number of carbonyl (C=O) groups is 2. The van der Waals surface area contributed by atoms with Crippen LogP contribution in [-0.2, 0) is 9.59 Å². The molecule has 1 aromatic carbocycles. The van der Waals surface area contributed by atoms with Gasteiger partial charge in [-0.3, -0.25) is 9.59 Å². The number of benzene rings is 1. The zero-order chi connectivity index (χ0) is 17.4. The molecule has 126 valence electrons. The minimum absolute atomic E-state index is 0.0582. The summed E-state index contributed by atoms with van der Waals surface area (Å²) in [5.41, 5.74) is 1.55. The summed E-state index contributed by atoms with van der Waals surface area (Å²) in [6.45, 7) is 7.19. The van der Waals surface area contributed by atoms with Gasteiger partial charge in [0.15, 0.2) is 5.60 Å². The van der Waals surface area contributed by atoms with Gasteiger partial charge in [-0.25, -0.2) is 0 Å². The van der Waals surface area contributed by atoms with Crippen molar-refractivity contribution < 1.29 is 23.1 Å². The fraction of sp³-hybridized carbons (Fsp3) is 0.500. The maximum Gasteiger partial charge on any atom is 0.315 e. The van der Waals surface area contributed by atoms with Crippen molar-refractivity contribution >= 4 is 17.5 Å². The maximum absolute atomic E-state index is 12.6. The van der Waals surface area contributed by atoms with E-state index >= 15 is 0 Å². The minimum Gasteiger partial charge on any atom is -0.476 e. The third-order valence-corrected chi connectivity index (χ3v) is 3.82. The monoisotopic (exact) mass is 326 g/mol. The van der Waals surface area contributed by atoms with Crippen LogP contribution in [0.3, 0.4) is 0 Å². The Kier molecular flexibility index (Phi) is 4.58. The summed E-state index contributed by atoms with van der Waals surface area (Å²) < 4.78 is 30.2. The van der Waals surface area contributed by atoms with Gasteiger partial charge in [-0.2, -0.15) is 8.78 Å². The largest absolute Gasteiger partial charge is 0.476 e. The second-order valence-electron chi connectivity index (χ2n) is 6.07. The first-order valence-corrected chi connectivity index (χ1v) is 7.31. The van der Waals surface area contributed by atoms with E-state index in [0.29, 0.717) is 11.4 Å². The molecule has 1 aliphatic heterocycles. The predicted octanol–water partition coefficient (Wildman–Crippen LogP) is 2.19. The molecule has 0 bridgehead atoms. The third kappa shape index (κ3) is 3.43. The number of anilines is 1. The number of amides is 2. The zero-order valence-electron chi connectivity index (χ0n) is 13.6. The number of ether oxygens (including phenoxy) is 1. The van der Waals surface area contributed by atoms with Gasteiger partial charge in [0, 0.05) is 13.1 Å². The summed E-state index contributed by atoms with van der Waals surface area (Å²) in [7, 11) is 0. The van der Waals surface area contributed by atoms with Gasteiger partial charge in [-0.15, -0.1) is 0 Å². The highest BCUT2D eigenvalue weighted by Crippen LogP contribution is 2.39. The van der Waals surface area contributed by atoms with Gasteiger partial charge < -0.3 is 15.0 Å². The standard InChI is InChI=1S/C16H20F2N2O3/c1-9-7-11-12(8-10(9)2)23-16(3,4)15(22)20(11)6-5-19-14(21)13(17)18/h7-8,13H,5-6H2,1-4H3,(H,19,21). The molecule has 0 fully saturated rings. The number of aryl methyl sites for hydroxylation is 2. The topological polar surface area (TPSA) is 58.6 Å². The lowest BCUT2D eigenvalue weighted by Gasteiger charge is -2.39. The van der Waals surface area contributed by atoms with Crippen LogP contribution in [0.2, 0.25) is 0 Å². The van der Waals surface area contributed by atoms with Crippen LogP contribution in [0.4, 0.5) is 14.5 Å². The Bertz CT molecular complexity index is 644. The fourth-order valence-electron chi connectivity index (χ4n) is 2.41. The summed E-state index contributed by atoms with van der Waals surface area (Å²) in [6.07, 6.45) is -3.07. The van der Waals surface area contributed by atoms with Crippen LogP contribution < -0.4 is 15.0 Å². The summed E-state index contributed by atoms with van der Waals surface area (Å²) in [5.74, 6) is -1.05. The summed E-state index contributed by atoms with van der Waals surface area (Å²) in [4.78, 5) is 25.0. The molecule has 0 atom stereocenters. The quantitative estimate of drug-likeness (QED) is 0.923. The first kappa shape index (κ1) is 17.2. The summed E-state index contributed by atoms with van der Waals surface area (Å²) in [6, 6.07) is 3.68. The van der Waals surface area contributed by atoms with E-state index < -0.39 is 17.9 Å². The van der Waals surface area contributed by atoms with E-state index in [1.807, 2.05) is 26.0 Å². The molecular weight excluding hydrogens is 306 g/mol. The van der Waals surface area contributed by atoms with E-state index in [1.54, 1.807) is 13.8 Å². The third-order valence-electron chi connectivity index (χ3n) is 3.82. The van der Waals surface area contributed by atoms with Gasteiger partial charge in [0.25, 0.3) is 11.8 Å². The Hall–Kier alpha value is -2.18. The molecule has 2 rings (SSSR count). The molecule has 1 heterocycles. The van der Waals surface area contributed by atoms with Crippen LogP contribution in [0.25, 0.3) is 0 Å². The number of alkyl halides is 2. The van der Waals surface area contributed by atoms with Crippen LogP contribution >= 0.6 is 0 Å². The summed E-state index contributed by atoms with van der Waals surface area (Å²) in [5, 5.41) is 2.11. The predicted molar refractivity (Wildman–Crippen MR) is 82.0 cm³/mol. The van der Waals surface area contributed by atoms with Gasteiger partial charge in [0.2, 0.25) is 0 Å². The van der Waals surface area contributed by atoms with Crippen molar-refractivity contribution in [3.63, 3.8) is 0 Å². The molecule has 0 aromatic heterocycles. The number of rotatable bonds is 4. The number of fused-ring (bicyclic) bond motifs is 1. The minimum atomic E-state index is -3.07. The SMILES string of the molecule is Cc1cc2c(cc1C)N(CCNC(=O)C(F)F)C(=O)C(C)(C)O2. The van der Waals surface area contributed by atoms with Crippen LogP contribution in [-0.4, -0.2) is 36.9 Å². The molecule has 5 nitrogen and oxygen atoms in total. The molecule has 0 unspecified atom stereocenters. The number of hydrogen-bond donors (Lipinski definition) is 1. The van der Waals surface area contributed by atoms with Gasteiger partial charge >= 0.3 is 6.43 Å². The molecule has 2 amide bonds. The summed E-state index contributed by atoms with van der Waals surface area (Å²) >= 11 is 0. The molecule has 0 saturated carbocycles. The number of nitrogens with zero attached hydrogens (tertiary/aromatic N) is 1. The van der Waals surface area contributed by atoms with Crippen molar-refractivity contribution in [2.45, 2.75) is 39.7 Å². The van der Waals surface area contributed by atoms with Crippen molar-refractivity contribution in [2.24, 2.45) is 0 Å². The van der Waals surface area contributed by atoms with Gasteiger partial charge in [0.1, 0.15) is 5.75 Å². The van der Waals surface area contributed by atoms with E-state index in [1.165, 1.54) is 4.90 Å². The average molecular weight is 326 g/mol. The van der Waals surface area contributed by atoms with Gasteiger partial charge in [0.05, 0.1) is 5.69 Å². The first-order chi connectivity index (χ1) is 10.6. The van der Waals surface area contributed by atoms with E-state index in [4.69, 9.17) is 4.74 Å². The molecule has 1 aliphatic rings. The molecule has 23 heavy (non-hydrogen) atoms. The number of carbonyl (C=O) groups excluding carboxylic acids is 2. The van der Waals surface area contributed by atoms with Crippen LogP contribution in [0.15, 0.2) is 12.1 Å². The zero-order valence-corrected chi connectivity index (χ0v) is 13.6. The highest BCUT2D eigenvalue weighted by Gasteiger charge is 2.40. The smallest absolute Gasteiger partial charge is 0.315 e. The first-order valence-electron chi connectivity index (χ1n) is 7.31. The van der Waals surface area contributed by atoms with Gasteiger partial charge in [-0.1, -0.05) is 0 Å². The van der Waals surface area contributed by atoms with Crippen LogP contribution in [0.1, 0.15) is 25.0 Å². The van der Waals surface area contributed by atoms with E-state index in [0.717, 1.165) is 11.1 Å². The molecule has 1 aromatic rings. The molecule has 7 heteroatoms. The average Bonchev–Trinajstić information content (AvgIpc) is 2.45. The normalized spacial score (nSPS) is 16.1.